The van der Waals surface area contributed by atoms with Gasteiger partial charge in [0.05, 0.1) is 6.54 Å². The van der Waals surface area contributed by atoms with Gasteiger partial charge in [-0.3, -0.25) is 4.79 Å². The highest BCUT2D eigenvalue weighted by Gasteiger charge is 2.16. The second-order valence-corrected chi connectivity index (χ2v) is 6.17. The molecule has 0 unspecified atom stereocenters. The number of hydrogen-bond acceptors (Lipinski definition) is 7. The van der Waals surface area contributed by atoms with Gasteiger partial charge >= 0.3 is 0 Å². The van der Waals surface area contributed by atoms with Crippen LogP contribution in [-0.2, 0) is 6.54 Å². The van der Waals surface area contributed by atoms with Gasteiger partial charge in [-0.1, -0.05) is 18.3 Å². The second-order valence-electron chi connectivity index (χ2n) is 4.23. The Morgan fingerprint density at radius 1 is 1.45 bits per heavy atom. The maximum atomic E-state index is 12.1. The van der Waals surface area contributed by atoms with Crippen molar-refractivity contribution >= 4 is 39.5 Å². The van der Waals surface area contributed by atoms with Gasteiger partial charge in [0, 0.05) is 17.6 Å². The summed E-state index contributed by atoms with van der Waals surface area (Å²) in [5.74, 6) is 0.0545. The Kier molecular flexibility index (Phi) is 4.91. The first-order valence-corrected chi connectivity index (χ1v) is 7.99. The van der Waals surface area contributed by atoms with Gasteiger partial charge in [-0.05, 0) is 13.3 Å². The minimum atomic E-state index is -0.211. The van der Waals surface area contributed by atoms with Crippen LogP contribution in [0.1, 0.15) is 33.7 Å². The fraction of sp³-hybridized carbons (Fsp3) is 0.417. The van der Waals surface area contributed by atoms with Gasteiger partial charge in [0.2, 0.25) is 0 Å². The molecule has 2 aromatic heterocycles. The molecule has 0 bridgehead atoms. The molecule has 1 amide bonds. The van der Waals surface area contributed by atoms with E-state index in [0.29, 0.717) is 16.6 Å². The van der Waals surface area contributed by atoms with E-state index in [0.717, 1.165) is 23.7 Å². The topological polar surface area (TPSA) is 92.9 Å². The molecule has 0 saturated heterocycles. The molecule has 2 rings (SSSR count). The van der Waals surface area contributed by atoms with Crippen LogP contribution in [-0.4, -0.2) is 22.4 Å². The highest BCUT2D eigenvalue weighted by atomic mass is 32.1. The standard InChI is InChI=1S/C12H17N5OS2/c1-3-4-14-12-17-10(13)9(20-12)11(18)15-5-8-16-7(2)6-19-8/h6H,3-5,13H2,1-2H3,(H,14,17)(H,15,18). The van der Waals surface area contributed by atoms with E-state index in [4.69, 9.17) is 5.73 Å². The number of nitrogen functional groups attached to an aromatic ring is 1. The number of amides is 1. The first kappa shape index (κ1) is 14.7. The number of aryl methyl sites for hydroxylation is 1. The van der Waals surface area contributed by atoms with Crippen LogP contribution in [0, 0.1) is 6.92 Å². The SMILES string of the molecule is CCCNc1nc(N)c(C(=O)NCc2nc(C)cs2)s1. The number of nitrogens with two attached hydrogens (primary N) is 1. The Labute approximate surface area is 125 Å². The van der Waals surface area contributed by atoms with Gasteiger partial charge in [-0.15, -0.1) is 11.3 Å². The van der Waals surface area contributed by atoms with Crippen LogP contribution >= 0.6 is 22.7 Å². The summed E-state index contributed by atoms with van der Waals surface area (Å²) in [7, 11) is 0. The molecule has 0 spiro atoms. The fourth-order valence-electron chi connectivity index (χ4n) is 1.52. The molecular formula is C12H17N5OS2. The molecule has 0 atom stereocenters. The number of carbonyl (C=O) groups excluding carboxylic acids is 1. The molecule has 2 aromatic rings. The lowest BCUT2D eigenvalue weighted by Gasteiger charge is -2.00. The minimum Gasteiger partial charge on any atom is -0.382 e. The summed E-state index contributed by atoms with van der Waals surface area (Å²) in [6.45, 7) is 5.21. The van der Waals surface area contributed by atoms with E-state index in [2.05, 4.69) is 27.5 Å². The van der Waals surface area contributed by atoms with Crippen LogP contribution in [0.4, 0.5) is 10.9 Å². The second kappa shape index (κ2) is 6.67. The van der Waals surface area contributed by atoms with E-state index in [1.807, 2.05) is 12.3 Å². The van der Waals surface area contributed by atoms with E-state index in [1.54, 1.807) is 0 Å². The normalized spacial score (nSPS) is 10.5. The van der Waals surface area contributed by atoms with Gasteiger partial charge in [0.1, 0.15) is 15.7 Å². The Morgan fingerprint density at radius 2 is 2.25 bits per heavy atom. The van der Waals surface area contributed by atoms with Crippen molar-refractivity contribution in [3.63, 3.8) is 0 Å². The maximum Gasteiger partial charge on any atom is 0.265 e. The number of rotatable bonds is 6. The molecule has 4 N–H and O–H groups in total. The predicted molar refractivity (Wildman–Crippen MR) is 83.3 cm³/mol. The summed E-state index contributed by atoms with van der Waals surface area (Å²) >= 11 is 2.80. The van der Waals surface area contributed by atoms with E-state index in [1.165, 1.54) is 22.7 Å². The van der Waals surface area contributed by atoms with Crippen molar-refractivity contribution in [2.24, 2.45) is 0 Å². The summed E-state index contributed by atoms with van der Waals surface area (Å²) in [5, 5.41) is 9.45. The summed E-state index contributed by atoms with van der Waals surface area (Å²) < 4.78 is 0. The zero-order chi connectivity index (χ0) is 14.5. The largest absolute Gasteiger partial charge is 0.382 e. The summed E-state index contributed by atoms with van der Waals surface area (Å²) in [6.07, 6.45) is 0.990. The molecule has 20 heavy (non-hydrogen) atoms. The van der Waals surface area contributed by atoms with Crippen LogP contribution in [0.15, 0.2) is 5.38 Å². The van der Waals surface area contributed by atoms with Crippen molar-refractivity contribution in [1.82, 2.24) is 15.3 Å². The molecule has 108 valence electrons. The van der Waals surface area contributed by atoms with Gasteiger partial charge in [0.15, 0.2) is 5.13 Å². The smallest absolute Gasteiger partial charge is 0.265 e. The molecular weight excluding hydrogens is 294 g/mol. The van der Waals surface area contributed by atoms with Gasteiger partial charge in [-0.2, -0.15) is 0 Å². The Balaban J connectivity index is 1.96. The molecule has 0 saturated carbocycles. The molecule has 0 radical (unpaired) electrons. The van der Waals surface area contributed by atoms with Crippen molar-refractivity contribution < 1.29 is 4.79 Å². The van der Waals surface area contributed by atoms with Gasteiger partial charge in [-0.25, -0.2) is 9.97 Å². The highest BCUT2D eigenvalue weighted by Crippen LogP contribution is 2.24. The van der Waals surface area contributed by atoms with Crippen LogP contribution in [0.5, 0.6) is 0 Å². The molecule has 2 heterocycles. The lowest BCUT2D eigenvalue weighted by atomic mass is 10.4. The van der Waals surface area contributed by atoms with Crippen LogP contribution < -0.4 is 16.4 Å². The zero-order valence-electron chi connectivity index (χ0n) is 11.4. The summed E-state index contributed by atoms with van der Waals surface area (Å²) in [6, 6.07) is 0. The third kappa shape index (κ3) is 3.67. The first-order valence-electron chi connectivity index (χ1n) is 6.29. The molecule has 0 aliphatic rings. The highest BCUT2D eigenvalue weighted by molar-refractivity contribution is 7.18. The number of hydrogen-bond donors (Lipinski definition) is 3. The quantitative estimate of drug-likeness (QED) is 0.761. The fourth-order valence-corrected chi connectivity index (χ4v) is 3.06. The molecule has 0 aliphatic carbocycles. The van der Waals surface area contributed by atoms with Crippen LogP contribution in [0.25, 0.3) is 0 Å². The van der Waals surface area contributed by atoms with Crippen molar-refractivity contribution in [2.75, 3.05) is 17.6 Å². The maximum absolute atomic E-state index is 12.1. The van der Waals surface area contributed by atoms with Crippen LogP contribution in [0.2, 0.25) is 0 Å². The third-order valence-corrected chi connectivity index (χ3v) is 4.45. The van der Waals surface area contributed by atoms with Crippen molar-refractivity contribution in [2.45, 2.75) is 26.8 Å². The first-order chi connectivity index (χ1) is 9.60. The zero-order valence-corrected chi connectivity index (χ0v) is 13.0. The molecule has 8 heteroatoms. The van der Waals surface area contributed by atoms with E-state index >= 15 is 0 Å². The predicted octanol–water partition coefficient (Wildman–Crippen LogP) is 2.24. The van der Waals surface area contributed by atoms with Gasteiger partial charge in [0.25, 0.3) is 5.91 Å². The van der Waals surface area contributed by atoms with Gasteiger partial charge < -0.3 is 16.4 Å². The Morgan fingerprint density at radius 3 is 2.90 bits per heavy atom. The number of nitrogens with zero attached hydrogens (tertiary/aromatic N) is 2. The average Bonchev–Trinajstić information content (AvgIpc) is 3.00. The van der Waals surface area contributed by atoms with Crippen molar-refractivity contribution in [3.05, 3.63) is 21.0 Å². The number of nitrogens with one attached hydrogen (secondary N) is 2. The summed E-state index contributed by atoms with van der Waals surface area (Å²) in [4.78, 5) is 20.9. The number of aromatic nitrogens is 2. The number of anilines is 2. The van der Waals surface area contributed by atoms with E-state index < -0.39 is 0 Å². The van der Waals surface area contributed by atoms with Crippen molar-refractivity contribution in [1.29, 1.82) is 0 Å². The van der Waals surface area contributed by atoms with E-state index in [9.17, 15) is 4.79 Å². The number of carbonyl (C=O) groups is 1. The van der Waals surface area contributed by atoms with Crippen molar-refractivity contribution in [3.8, 4) is 0 Å². The monoisotopic (exact) mass is 311 g/mol. The molecule has 0 aromatic carbocycles. The molecule has 0 fully saturated rings. The molecule has 6 nitrogen and oxygen atoms in total. The molecule has 0 aliphatic heterocycles. The third-order valence-electron chi connectivity index (χ3n) is 2.45. The van der Waals surface area contributed by atoms with Crippen LogP contribution in [0.3, 0.4) is 0 Å². The van der Waals surface area contributed by atoms with E-state index in [-0.39, 0.29) is 11.7 Å². The summed E-state index contributed by atoms with van der Waals surface area (Å²) in [5.41, 5.74) is 6.73. The Bertz CT molecular complexity index is 592. The lowest BCUT2D eigenvalue weighted by Crippen LogP contribution is -2.22. The minimum absolute atomic E-state index is 0.211. The number of thiazole rings is 2. The average molecular weight is 311 g/mol. The Hall–Kier alpha value is -1.67. The lowest BCUT2D eigenvalue weighted by molar-refractivity contribution is 0.0955.